The third-order valence-corrected chi connectivity index (χ3v) is 8.47. The minimum atomic E-state index is 0. The minimum Gasteiger partial charge on any atom is -0.358 e. The van der Waals surface area contributed by atoms with E-state index in [9.17, 15) is 0 Å². The molecule has 0 fully saturated rings. The molecule has 0 N–H and O–H groups in total. The van der Waals surface area contributed by atoms with Crippen molar-refractivity contribution in [3.8, 4) is 11.1 Å². The summed E-state index contributed by atoms with van der Waals surface area (Å²) in [6, 6.07) is 28.2. The fourth-order valence-corrected chi connectivity index (χ4v) is 6.15. The van der Waals surface area contributed by atoms with Crippen LogP contribution in [0.15, 0.2) is 78.4 Å². The molecule has 3 heteroatoms. The van der Waals surface area contributed by atoms with Crippen molar-refractivity contribution in [3.63, 3.8) is 0 Å². The summed E-state index contributed by atoms with van der Waals surface area (Å²) in [6.07, 6.45) is 8.68. The summed E-state index contributed by atoms with van der Waals surface area (Å²) in [5, 5.41) is 2.53. The van der Waals surface area contributed by atoms with Gasteiger partial charge in [0.25, 0.3) is 0 Å². The van der Waals surface area contributed by atoms with Gasteiger partial charge < -0.3 is 7.43 Å². The van der Waals surface area contributed by atoms with E-state index in [4.69, 9.17) is 0 Å². The van der Waals surface area contributed by atoms with Gasteiger partial charge in [0, 0.05) is 0 Å². The molecular formula is C45H58Cl2Zr-4. The van der Waals surface area contributed by atoms with E-state index in [0.717, 1.165) is 6.42 Å². The third-order valence-electron chi connectivity index (χ3n) is 8.47. The number of allylic oxidation sites excluding steroid dienone is 4. The first-order valence-electron chi connectivity index (χ1n) is 16.2. The number of rotatable bonds is 0. The van der Waals surface area contributed by atoms with Crippen LogP contribution in [0.25, 0.3) is 21.9 Å². The van der Waals surface area contributed by atoms with Crippen LogP contribution in [0.5, 0.6) is 0 Å². The fraction of sp³-hybridized carbons (Fsp3) is 0.378. The molecule has 48 heavy (non-hydrogen) atoms. The van der Waals surface area contributed by atoms with Crippen molar-refractivity contribution in [2.45, 2.75) is 100 Å². The predicted molar refractivity (Wildman–Crippen MR) is 216 cm³/mol. The zero-order valence-electron chi connectivity index (χ0n) is 31.7. The van der Waals surface area contributed by atoms with E-state index in [0.29, 0.717) is 11.3 Å². The van der Waals surface area contributed by atoms with Gasteiger partial charge in [-0.3, -0.25) is 6.08 Å². The van der Waals surface area contributed by atoms with Gasteiger partial charge in [-0.25, -0.2) is 6.08 Å². The van der Waals surface area contributed by atoms with Crippen molar-refractivity contribution in [2.24, 2.45) is 11.3 Å². The summed E-state index contributed by atoms with van der Waals surface area (Å²) in [5.41, 5.74) is 13.3. The average Bonchev–Trinajstić information content (AvgIpc) is 3.55. The molecule has 2 aliphatic rings. The number of benzene rings is 4. The van der Waals surface area contributed by atoms with Crippen LogP contribution in [0.1, 0.15) is 103 Å². The van der Waals surface area contributed by atoms with E-state index in [1.54, 1.807) is 0 Å². The molecule has 1 unspecified atom stereocenters. The quantitative estimate of drug-likeness (QED) is 0.138. The Kier molecular flexibility index (Phi) is 18.0. The van der Waals surface area contributed by atoms with Crippen LogP contribution >= 0.6 is 24.8 Å². The van der Waals surface area contributed by atoms with Gasteiger partial charge in [0.05, 0.1) is 0 Å². The number of fused-ring (bicyclic) bond motifs is 4. The standard InChI is InChI=1S/C23H29.C10H7.C10H15.CH3.CH2.2ClH.Zr/c1-14-9-16-11-17-10-15(2)21(23(6,7)8)13-19(17)18(16)12-20(14)22(3,4)5;1-2-6-10-8-4-3-7-9(10)5-1;1-8-5-6-9(7-8)10(2,3)4;;;;;/h9,12-13H,11H2,1-8H3;1-3,5-8H;6-8H,1-4H3;1H3;1H2;2*1H;/q4*-1;;;;. The summed E-state index contributed by atoms with van der Waals surface area (Å²) < 4.78 is 3.34. The summed E-state index contributed by atoms with van der Waals surface area (Å²) in [6.45, 7) is 27.1. The van der Waals surface area contributed by atoms with E-state index in [-0.39, 0.29) is 43.1 Å². The van der Waals surface area contributed by atoms with Gasteiger partial charge in [-0.1, -0.05) is 129 Å². The molecule has 2 aliphatic carbocycles. The summed E-state index contributed by atoms with van der Waals surface area (Å²) in [5.74, 6) is 0.522. The molecular weight excluding hydrogens is 703 g/mol. The number of hydrogen-bond acceptors (Lipinski definition) is 0. The van der Waals surface area contributed by atoms with Crippen molar-refractivity contribution >= 4 is 39.8 Å². The van der Waals surface area contributed by atoms with Crippen molar-refractivity contribution in [1.29, 1.82) is 0 Å². The molecule has 0 saturated carbocycles. The Labute approximate surface area is 322 Å². The van der Waals surface area contributed by atoms with Gasteiger partial charge >= 0.3 is 28.4 Å². The first kappa shape index (κ1) is 46.0. The zero-order chi connectivity index (χ0) is 33.7. The third kappa shape index (κ3) is 11.8. The summed E-state index contributed by atoms with van der Waals surface area (Å²) in [7, 11) is 0. The Morgan fingerprint density at radius 1 is 0.750 bits per heavy atom. The Morgan fingerprint density at radius 2 is 1.31 bits per heavy atom. The van der Waals surface area contributed by atoms with Crippen LogP contribution in [0.2, 0.25) is 0 Å². The number of halogens is 2. The first-order chi connectivity index (χ1) is 20.9. The molecule has 6 rings (SSSR count). The largest absolute Gasteiger partial charge is 0.358 e. The average molecular weight is 761 g/mol. The SMILES string of the molecule is CC1[C-]=CC(C(C)(C)C)=C1.Cc1[c-]c2c(cc1C(C)(C)C)-c1cc(C(C)(C)C)c(C)cc1C2.Cl.Cl.[CH2]=[Zr].[CH3-].[c-]1ccc2ccccc2c1. The maximum absolute atomic E-state index is 3.69. The Bertz CT molecular complexity index is 1550. The Balaban J connectivity index is 0.000000740. The second-order valence-corrected chi connectivity index (χ2v) is 15.4. The summed E-state index contributed by atoms with van der Waals surface area (Å²) in [4.78, 5) is 0. The minimum absolute atomic E-state index is 0. The van der Waals surface area contributed by atoms with Crippen LogP contribution in [0.4, 0.5) is 0 Å². The molecule has 4 aromatic rings. The van der Waals surface area contributed by atoms with E-state index < -0.39 is 0 Å². The van der Waals surface area contributed by atoms with Gasteiger partial charge in [-0.2, -0.15) is 53.6 Å². The second kappa shape index (κ2) is 18.8. The van der Waals surface area contributed by atoms with Crippen LogP contribution in [0.3, 0.4) is 0 Å². The molecule has 0 saturated heterocycles. The van der Waals surface area contributed by atoms with Crippen LogP contribution in [0, 0.1) is 50.8 Å². The van der Waals surface area contributed by atoms with Gasteiger partial charge in [0.1, 0.15) is 0 Å². The molecule has 0 heterocycles. The van der Waals surface area contributed by atoms with E-state index in [2.05, 4.69) is 154 Å². The smallest absolute Gasteiger partial charge is 0.0648 e. The van der Waals surface area contributed by atoms with E-state index in [1.165, 1.54) is 85.1 Å². The number of aryl methyl sites for hydroxylation is 2. The molecule has 0 nitrogen and oxygen atoms in total. The fourth-order valence-electron chi connectivity index (χ4n) is 6.15. The monoisotopic (exact) mass is 758 g/mol. The van der Waals surface area contributed by atoms with Crippen molar-refractivity contribution < 1.29 is 24.2 Å². The molecule has 0 spiro atoms. The maximum atomic E-state index is 3.69. The predicted octanol–water partition coefficient (Wildman–Crippen LogP) is 13.1. The molecule has 0 aromatic heterocycles. The molecule has 260 valence electrons. The van der Waals surface area contributed by atoms with Gasteiger partial charge in [0.2, 0.25) is 0 Å². The maximum Gasteiger partial charge on any atom is -0.0648 e. The number of hydrogen-bond donors (Lipinski definition) is 0. The topological polar surface area (TPSA) is 0 Å². The first-order valence-corrected chi connectivity index (χ1v) is 17.9. The van der Waals surface area contributed by atoms with Gasteiger partial charge in [0.15, 0.2) is 0 Å². The summed E-state index contributed by atoms with van der Waals surface area (Å²) >= 11 is 1.30. The molecule has 0 radical (unpaired) electrons. The molecule has 0 amide bonds. The van der Waals surface area contributed by atoms with Crippen molar-refractivity contribution in [3.05, 3.63) is 137 Å². The van der Waals surface area contributed by atoms with Crippen molar-refractivity contribution in [2.75, 3.05) is 0 Å². The molecule has 1 atom stereocenters. The molecule has 4 aromatic carbocycles. The van der Waals surface area contributed by atoms with Crippen LogP contribution in [-0.2, 0) is 41.5 Å². The van der Waals surface area contributed by atoms with Gasteiger partial charge in [-0.15, -0.1) is 58.3 Å². The van der Waals surface area contributed by atoms with E-state index >= 15 is 0 Å². The van der Waals surface area contributed by atoms with Crippen LogP contribution < -0.4 is 0 Å². The normalized spacial score (nSPS) is 14.1. The van der Waals surface area contributed by atoms with Gasteiger partial charge in [-0.05, 0) is 35.4 Å². The molecule has 0 aliphatic heterocycles. The second-order valence-electron chi connectivity index (χ2n) is 15.4. The van der Waals surface area contributed by atoms with E-state index in [1.807, 2.05) is 24.3 Å². The van der Waals surface area contributed by atoms with Crippen molar-refractivity contribution in [1.82, 2.24) is 0 Å². The zero-order valence-corrected chi connectivity index (χ0v) is 35.8. The Morgan fingerprint density at radius 3 is 1.79 bits per heavy atom. The molecule has 0 bridgehead atoms. The van der Waals surface area contributed by atoms with Crippen LogP contribution in [-0.4, -0.2) is 4.21 Å². The Hall–Kier alpha value is -2.05.